The van der Waals surface area contributed by atoms with Crippen LogP contribution in [0.2, 0.25) is 10.0 Å². The molecule has 1 aromatic rings. The molecule has 108 valence electrons. The Morgan fingerprint density at radius 3 is 2.37 bits per heavy atom. The van der Waals surface area contributed by atoms with Crippen LogP contribution in [-0.2, 0) is 0 Å². The average Bonchev–Trinajstić information content (AvgIpc) is 2.85. The number of aliphatic hydroxyl groups is 1. The van der Waals surface area contributed by atoms with Crippen LogP contribution in [0.4, 0.5) is 0 Å². The molecule has 0 heterocycles. The molecule has 0 spiro atoms. The van der Waals surface area contributed by atoms with Crippen LogP contribution >= 0.6 is 35.6 Å². The van der Waals surface area contributed by atoms with Gasteiger partial charge in [-0.3, -0.25) is 0 Å². The minimum absolute atomic E-state index is 0. The molecule has 1 aliphatic rings. The molecule has 0 unspecified atom stereocenters. The summed E-state index contributed by atoms with van der Waals surface area (Å²) >= 11 is 11.8. The lowest BCUT2D eigenvalue weighted by Gasteiger charge is -2.25. The smallest absolute Gasteiger partial charge is 0.139 e. The van der Waals surface area contributed by atoms with Crippen molar-refractivity contribution in [3.63, 3.8) is 0 Å². The number of hydrogen-bond acceptors (Lipinski definition) is 3. The van der Waals surface area contributed by atoms with Crippen molar-refractivity contribution in [2.24, 2.45) is 11.7 Å². The molecule has 0 amide bonds. The van der Waals surface area contributed by atoms with E-state index in [2.05, 4.69) is 0 Å². The predicted molar refractivity (Wildman–Crippen MR) is 80.3 cm³/mol. The molecule has 2 atom stereocenters. The molecular formula is C13H18Cl3NO2. The van der Waals surface area contributed by atoms with Gasteiger partial charge in [-0.2, -0.15) is 0 Å². The highest BCUT2D eigenvalue weighted by atomic mass is 35.5. The summed E-state index contributed by atoms with van der Waals surface area (Å²) in [6.07, 6.45) is 3.52. The first-order chi connectivity index (χ1) is 8.50. The lowest BCUT2D eigenvalue weighted by atomic mass is 9.90. The molecule has 0 aromatic heterocycles. The lowest BCUT2D eigenvalue weighted by molar-refractivity contribution is 0.0836. The molecule has 4 N–H and O–H groups in total. The van der Waals surface area contributed by atoms with E-state index in [1.807, 2.05) is 0 Å². The third-order valence-electron chi connectivity index (χ3n) is 3.67. The van der Waals surface area contributed by atoms with Gasteiger partial charge in [0.25, 0.3) is 0 Å². The summed E-state index contributed by atoms with van der Waals surface area (Å²) in [7, 11) is 0. The van der Waals surface area contributed by atoms with E-state index in [1.54, 1.807) is 6.07 Å². The predicted octanol–water partition coefficient (Wildman–Crippen LogP) is 3.67. The molecule has 1 aliphatic carbocycles. The van der Waals surface area contributed by atoms with Gasteiger partial charge in [0, 0.05) is 10.6 Å². The Kier molecular flexibility index (Phi) is 6.21. The van der Waals surface area contributed by atoms with E-state index in [1.165, 1.54) is 6.07 Å². The van der Waals surface area contributed by atoms with E-state index >= 15 is 0 Å². The number of halogens is 3. The van der Waals surface area contributed by atoms with E-state index in [9.17, 15) is 10.2 Å². The van der Waals surface area contributed by atoms with Gasteiger partial charge in [-0.25, -0.2) is 0 Å². The summed E-state index contributed by atoms with van der Waals surface area (Å²) in [6.45, 7) is 0. The highest BCUT2D eigenvalue weighted by molar-refractivity contribution is 6.35. The maximum Gasteiger partial charge on any atom is 0.139 e. The van der Waals surface area contributed by atoms with Crippen LogP contribution in [0.5, 0.6) is 5.75 Å². The number of benzene rings is 1. The van der Waals surface area contributed by atoms with Gasteiger partial charge in [0.1, 0.15) is 5.75 Å². The first-order valence-corrected chi connectivity index (χ1v) is 6.88. The lowest BCUT2D eigenvalue weighted by Crippen LogP contribution is -2.32. The Hall–Kier alpha value is -0.190. The zero-order chi connectivity index (χ0) is 13.3. The molecule has 1 fully saturated rings. The highest BCUT2D eigenvalue weighted by Crippen LogP contribution is 2.38. The Bertz CT molecular complexity index is 436. The number of hydrogen-bond donors (Lipinski definition) is 3. The van der Waals surface area contributed by atoms with Gasteiger partial charge < -0.3 is 15.9 Å². The third kappa shape index (κ3) is 3.67. The molecule has 0 saturated heterocycles. The van der Waals surface area contributed by atoms with Crippen LogP contribution < -0.4 is 5.73 Å². The van der Waals surface area contributed by atoms with Gasteiger partial charge in [0.15, 0.2) is 0 Å². The average molecular weight is 327 g/mol. The van der Waals surface area contributed by atoms with E-state index in [-0.39, 0.29) is 29.1 Å². The number of phenolic OH excluding ortho intramolecular Hbond substituents is 1. The van der Waals surface area contributed by atoms with Crippen molar-refractivity contribution in [1.82, 2.24) is 0 Å². The van der Waals surface area contributed by atoms with Crippen molar-refractivity contribution in [1.29, 1.82) is 0 Å². The van der Waals surface area contributed by atoms with Crippen LogP contribution in [0.25, 0.3) is 0 Å². The van der Waals surface area contributed by atoms with Gasteiger partial charge >= 0.3 is 0 Å². The van der Waals surface area contributed by atoms with E-state index < -0.39 is 12.1 Å². The zero-order valence-electron chi connectivity index (χ0n) is 10.4. The maximum atomic E-state index is 10.3. The minimum Gasteiger partial charge on any atom is -0.506 e. The van der Waals surface area contributed by atoms with Crippen molar-refractivity contribution < 1.29 is 10.2 Å². The Morgan fingerprint density at radius 1 is 1.21 bits per heavy atom. The second-order valence-corrected chi connectivity index (χ2v) is 5.73. The molecule has 1 aromatic carbocycles. The molecular weight excluding hydrogens is 309 g/mol. The topological polar surface area (TPSA) is 66.5 Å². The fourth-order valence-electron chi connectivity index (χ4n) is 2.62. The summed E-state index contributed by atoms with van der Waals surface area (Å²) in [4.78, 5) is 0. The molecule has 2 rings (SSSR count). The number of aromatic hydroxyl groups is 1. The number of rotatable bonds is 3. The first-order valence-electron chi connectivity index (χ1n) is 6.12. The molecule has 0 radical (unpaired) electrons. The molecule has 0 aliphatic heterocycles. The summed E-state index contributed by atoms with van der Waals surface area (Å²) in [6, 6.07) is 2.35. The second kappa shape index (κ2) is 7.00. The monoisotopic (exact) mass is 325 g/mol. The van der Waals surface area contributed by atoms with Crippen molar-refractivity contribution in [2.75, 3.05) is 0 Å². The minimum atomic E-state index is -0.673. The van der Waals surface area contributed by atoms with Crippen LogP contribution in [0.3, 0.4) is 0 Å². The van der Waals surface area contributed by atoms with Gasteiger partial charge in [-0.05, 0) is 30.9 Å². The van der Waals surface area contributed by atoms with Crippen molar-refractivity contribution in [3.05, 3.63) is 27.7 Å². The van der Waals surface area contributed by atoms with Crippen molar-refractivity contribution in [2.45, 2.75) is 37.8 Å². The molecule has 19 heavy (non-hydrogen) atoms. The van der Waals surface area contributed by atoms with Crippen LogP contribution in [0, 0.1) is 5.92 Å². The van der Waals surface area contributed by atoms with Gasteiger partial charge in [-0.1, -0.05) is 36.0 Å². The Labute approximate surface area is 129 Å². The molecule has 6 heteroatoms. The fraction of sp³-hybridized carbons (Fsp3) is 0.538. The van der Waals surface area contributed by atoms with Gasteiger partial charge in [0.2, 0.25) is 0 Å². The fourth-order valence-corrected chi connectivity index (χ4v) is 3.13. The summed E-state index contributed by atoms with van der Waals surface area (Å²) in [5.41, 5.74) is 6.44. The maximum absolute atomic E-state index is 10.3. The molecule has 3 nitrogen and oxygen atoms in total. The number of nitrogens with two attached hydrogens (primary N) is 1. The van der Waals surface area contributed by atoms with Crippen LogP contribution in [0.1, 0.15) is 37.3 Å². The highest BCUT2D eigenvalue weighted by Gasteiger charge is 2.30. The van der Waals surface area contributed by atoms with Crippen LogP contribution in [-0.4, -0.2) is 16.3 Å². The Morgan fingerprint density at radius 2 is 1.79 bits per heavy atom. The van der Waals surface area contributed by atoms with E-state index in [0.29, 0.717) is 10.6 Å². The standard InChI is InChI=1S/C13H17Cl2NO2.ClH/c14-8-5-9(13(18)10(15)6-8)11(16)12(17)7-3-1-2-4-7;/h5-7,11-12,17-18H,1-4,16H2;1H/t11-,12+;/m1./s1. The summed E-state index contributed by atoms with van der Waals surface area (Å²) < 4.78 is 0. The number of aliphatic hydroxyl groups excluding tert-OH is 1. The van der Waals surface area contributed by atoms with Gasteiger partial charge in [-0.15, -0.1) is 12.4 Å². The van der Waals surface area contributed by atoms with Gasteiger partial charge in [0.05, 0.1) is 17.2 Å². The van der Waals surface area contributed by atoms with E-state index in [0.717, 1.165) is 25.7 Å². The Balaban J connectivity index is 0.00000180. The molecule has 1 saturated carbocycles. The zero-order valence-corrected chi connectivity index (χ0v) is 12.7. The van der Waals surface area contributed by atoms with Crippen molar-refractivity contribution >= 4 is 35.6 Å². The largest absolute Gasteiger partial charge is 0.506 e. The summed E-state index contributed by atoms with van der Waals surface area (Å²) in [5.74, 6) is 0.0998. The third-order valence-corrected chi connectivity index (χ3v) is 4.17. The van der Waals surface area contributed by atoms with Crippen molar-refractivity contribution in [3.8, 4) is 5.75 Å². The summed E-state index contributed by atoms with van der Waals surface area (Å²) in [5, 5.41) is 20.7. The molecule has 0 bridgehead atoms. The van der Waals surface area contributed by atoms with E-state index in [4.69, 9.17) is 28.9 Å². The normalized spacial score (nSPS) is 18.9. The quantitative estimate of drug-likeness (QED) is 0.794. The number of phenols is 1. The first kappa shape index (κ1) is 16.9. The second-order valence-electron chi connectivity index (χ2n) is 4.89. The SMILES string of the molecule is Cl.N[C@H](c1cc(Cl)cc(Cl)c1O)[C@@H](O)C1CCCC1. The van der Waals surface area contributed by atoms with Crippen LogP contribution in [0.15, 0.2) is 12.1 Å².